The summed E-state index contributed by atoms with van der Waals surface area (Å²) >= 11 is 0. The average Bonchev–Trinajstić information content (AvgIpc) is 2.56. The number of aromatic nitrogens is 1. The molecule has 0 saturated carbocycles. The van der Waals surface area contributed by atoms with E-state index in [9.17, 15) is 9.90 Å². The molecular formula is C18H22N2O3. The van der Waals surface area contributed by atoms with E-state index in [4.69, 9.17) is 4.74 Å². The lowest BCUT2D eigenvalue weighted by Crippen LogP contribution is -2.34. The fourth-order valence-electron chi connectivity index (χ4n) is 2.32. The molecule has 0 saturated heterocycles. The molecule has 0 aliphatic carbocycles. The Kier molecular flexibility index (Phi) is 6.11. The number of rotatable bonds is 7. The van der Waals surface area contributed by atoms with Gasteiger partial charge in [0.2, 0.25) is 5.88 Å². The van der Waals surface area contributed by atoms with E-state index in [-0.39, 0.29) is 11.9 Å². The van der Waals surface area contributed by atoms with Crippen LogP contribution in [0.3, 0.4) is 0 Å². The number of carbonyl (C=O) groups excluding carboxylic acids is 1. The molecule has 0 spiro atoms. The Labute approximate surface area is 136 Å². The van der Waals surface area contributed by atoms with E-state index in [0.717, 1.165) is 5.56 Å². The number of benzene rings is 1. The summed E-state index contributed by atoms with van der Waals surface area (Å²) in [7, 11) is 0. The molecule has 0 fully saturated rings. The number of aliphatic hydroxyl groups is 1. The molecule has 1 heterocycles. The second kappa shape index (κ2) is 8.29. The molecule has 2 aromatic rings. The highest BCUT2D eigenvalue weighted by Gasteiger charge is 2.18. The highest BCUT2D eigenvalue weighted by Crippen LogP contribution is 2.19. The molecule has 5 nitrogen and oxygen atoms in total. The van der Waals surface area contributed by atoms with Crippen LogP contribution >= 0.6 is 0 Å². The van der Waals surface area contributed by atoms with E-state index in [1.54, 1.807) is 18.3 Å². The molecule has 23 heavy (non-hydrogen) atoms. The first kappa shape index (κ1) is 17.0. The third-order valence-electron chi connectivity index (χ3n) is 3.44. The minimum Gasteiger partial charge on any atom is -0.477 e. The highest BCUT2D eigenvalue weighted by molar-refractivity contribution is 5.96. The molecule has 0 aliphatic rings. The lowest BCUT2D eigenvalue weighted by Gasteiger charge is -2.18. The molecule has 5 heteroatoms. The van der Waals surface area contributed by atoms with Crippen LogP contribution in [0.2, 0.25) is 0 Å². The quantitative estimate of drug-likeness (QED) is 0.824. The van der Waals surface area contributed by atoms with Gasteiger partial charge in [-0.3, -0.25) is 4.79 Å². The van der Waals surface area contributed by atoms with Crippen LogP contribution in [0.25, 0.3) is 0 Å². The van der Waals surface area contributed by atoms with Gasteiger partial charge in [0.05, 0.1) is 12.7 Å². The Hall–Kier alpha value is -2.40. The van der Waals surface area contributed by atoms with Crippen molar-refractivity contribution in [2.24, 2.45) is 0 Å². The SMILES string of the molecule is CCOc1ncccc1C(=O)NC(C)CC(O)c1ccccc1. The summed E-state index contributed by atoms with van der Waals surface area (Å²) in [5, 5.41) is 13.1. The lowest BCUT2D eigenvalue weighted by molar-refractivity contribution is 0.0912. The Morgan fingerprint density at radius 2 is 2.00 bits per heavy atom. The molecule has 0 bridgehead atoms. The smallest absolute Gasteiger partial charge is 0.256 e. The van der Waals surface area contributed by atoms with E-state index in [0.29, 0.717) is 24.5 Å². The van der Waals surface area contributed by atoms with Gasteiger partial charge in [0.25, 0.3) is 5.91 Å². The molecule has 2 atom stereocenters. The zero-order valence-corrected chi connectivity index (χ0v) is 13.4. The second-order valence-electron chi connectivity index (χ2n) is 5.33. The predicted molar refractivity (Wildman–Crippen MR) is 88.4 cm³/mol. The number of aliphatic hydroxyl groups excluding tert-OH is 1. The summed E-state index contributed by atoms with van der Waals surface area (Å²) in [6.07, 6.45) is 1.40. The molecule has 1 aromatic carbocycles. The van der Waals surface area contributed by atoms with Crippen LogP contribution in [0.4, 0.5) is 0 Å². The summed E-state index contributed by atoms with van der Waals surface area (Å²) in [5.74, 6) is 0.0672. The van der Waals surface area contributed by atoms with Crippen molar-refractivity contribution in [2.75, 3.05) is 6.61 Å². The van der Waals surface area contributed by atoms with Crippen molar-refractivity contribution in [3.63, 3.8) is 0 Å². The van der Waals surface area contributed by atoms with Crippen molar-refractivity contribution in [3.8, 4) is 5.88 Å². The average molecular weight is 314 g/mol. The second-order valence-corrected chi connectivity index (χ2v) is 5.33. The van der Waals surface area contributed by atoms with Crippen LogP contribution < -0.4 is 10.1 Å². The largest absolute Gasteiger partial charge is 0.477 e. The molecule has 1 aromatic heterocycles. The first-order chi connectivity index (χ1) is 11.1. The first-order valence-electron chi connectivity index (χ1n) is 7.73. The van der Waals surface area contributed by atoms with Crippen molar-refractivity contribution < 1.29 is 14.6 Å². The fourth-order valence-corrected chi connectivity index (χ4v) is 2.32. The van der Waals surface area contributed by atoms with Crippen molar-refractivity contribution in [1.82, 2.24) is 10.3 Å². The molecule has 1 amide bonds. The van der Waals surface area contributed by atoms with Gasteiger partial charge >= 0.3 is 0 Å². The number of hydrogen-bond acceptors (Lipinski definition) is 4. The van der Waals surface area contributed by atoms with E-state index >= 15 is 0 Å². The Balaban J connectivity index is 1.97. The first-order valence-corrected chi connectivity index (χ1v) is 7.73. The maximum atomic E-state index is 12.4. The van der Waals surface area contributed by atoms with Crippen LogP contribution in [0, 0.1) is 0 Å². The van der Waals surface area contributed by atoms with Gasteiger partial charge in [-0.1, -0.05) is 30.3 Å². The summed E-state index contributed by atoms with van der Waals surface area (Å²) in [6, 6.07) is 12.6. The van der Waals surface area contributed by atoms with Gasteiger partial charge < -0.3 is 15.2 Å². The third-order valence-corrected chi connectivity index (χ3v) is 3.44. The number of nitrogens with one attached hydrogen (secondary N) is 1. The van der Waals surface area contributed by atoms with Gasteiger partial charge in [-0.05, 0) is 38.0 Å². The molecule has 2 rings (SSSR count). The minimum atomic E-state index is -0.619. The number of pyridine rings is 1. The Morgan fingerprint density at radius 3 is 2.70 bits per heavy atom. The maximum absolute atomic E-state index is 12.4. The summed E-state index contributed by atoms with van der Waals surface area (Å²) in [6.45, 7) is 4.15. The highest BCUT2D eigenvalue weighted by atomic mass is 16.5. The lowest BCUT2D eigenvalue weighted by atomic mass is 10.0. The van der Waals surface area contributed by atoms with Crippen LogP contribution in [0.1, 0.15) is 42.3 Å². The fraction of sp³-hybridized carbons (Fsp3) is 0.333. The predicted octanol–water partition coefficient (Wildman–Crippen LogP) is 2.72. The maximum Gasteiger partial charge on any atom is 0.256 e. The number of hydrogen-bond donors (Lipinski definition) is 2. The van der Waals surface area contributed by atoms with E-state index in [2.05, 4.69) is 10.3 Å². The van der Waals surface area contributed by atoms with E-state index < -0.39 is 6.10 Å². The number of nitrogens with zero attached hydrogens (tertiary/aromatic N) is 1. The van der Waals surface area contributed by atoms with E-state index in [1.165, 1.54) is 0 Å². The third kappa shape index (κ3) is 4.79. The molecule has 2 unspecified atom stereocenters. The minimum absolute atomic E-state index is 0.188. The van der Waals surface area contributed by atoms with E-state index in [1.807, 2.05) is 44.2 Å². The topological polar surface area (TPSA) is 71.5 Å². The van der Waals surface area contributed by atoms with Crippen LogP contribution in [-0.4, -0.2) is 28.6 Å². The number of ether oxygens (including phenoxy) is 1. The van der Waals surface area contributed by atoms with Crippen molar-refractivity contribution in [2.45, 2.75) is 32.4 Å². The Bertz CT molecular complexity index is 631. The molecule has 0 aliphatic heterocycles. The molecule has 122 valence electrons. The number of carbonyl (C=O) groups is 1. The number of amides is 1. The summed E-state index contributed by atoms with van der Waals surface area (Å²) < 4.78 is 5.37. The van der Waals surface area contributed by atoms with Crippen LogP contribution in [0.15, 0.2) is 48.7 Å². The normalized spacial score (nSPS) is 13.2. The van der Waals surface area contributed by atoms with Gasteiger partial charge in [0.1, 0.15) is 5.56 Å². The van der Waals surface area contributed by atoms with Crippen molar-refractivity contribution >= 4 is 5.91 Å². The standard InChI is InChI=1S/C18H22N2O3/c1-3-23-18-15(10-7-11-19-18)17(22)20-13(2)12-16(21)14-8-5-4-6-9-14/h4-11,13,16,21H,3,12H2,1-2H3,(H,20,22). The summed E-state index contributed by atoms with van der Waals surface area (Å²) in [5.41, 5.74) is 1.24. The zero-order chi connectivity index (χ0) is 16.7. The molecule has 0 radical (unpaired) electrons. The van der Waals surface area contributed by atoms with Gasteiger partial charge in [-0.25, -0.2) is 4.98 Å². The van der Waals surface area contributed by atoms with Crippen LogP contribution in [-0.2, 0) is 0 Å². The van der Waals surface area contributed by atoms with Crippen molar-refractivity contribution in [3.05, 3.63) is 59.8 Å². The Morgan fingerprint density at radius 1 is 1.26 bits per heavy atom. The summed E-state index contributed by atoms with van der Waals surface area (Å²) in [4.78, 5) is 16.4. The van der Waals surface area contributed by atoms with Gasteiger partial charge in [-0.15, -0.1) is 0 Å². The molecular weight excluding hydrogens is 292 g/mol. The van der Waals surface area contributed by atoms with Gasteiger partial charge in [-0.2, -0.15) is 0 Å². The van der Waals surface area contributed by atoms with Gasteiger partial charge in [0.15, 0.2) is 0 Å². The molecule has 2 N–H and O–H groups in total. The van der Waals surface area contributed by atoms with Crippen LogP contribution in [0.5, 0.6) is 5.88 Å². The monoisotopic (exact) mass is 314 g/mol. The zero-order valence-electron chi connectivity index (χ0n) is 13.4. The van der Waals surface area contributed by atoms with Gasteiger partial charge in [0, 0.05) is 12.2 Å². The van der Waals surface area contributed by atoms with Crippen molar-refractivity contribution in [1.29, 1.82) is 0 Å².